The third kappa shape index (κ3) is 4.89. The number of nitrogens with zero attached hydrogens (tertiary/aromatic N) is 2. The molecule has 6 heteroatoms. The van der Waals surface area contributed by atoms with Crippen LogP contribution >= 0.6 is 11.3 Å². The Kier molecular flexibility index (Phi) is 6.77. The molecule has 0 unspecified atom stereocenters. The molecule has 0 saturated carbocycles. The van der Waals surface area contributed by atoms with E-state index >= 15 is 0 Å². The Hall–Kier alpha value is -1.69. The van der Waals surface area contributed by atoms with Gasteiger partial charge in [0.05, 0.1) is 16.9 Å². The second-order valence-corrected chi connectivity index (χ2v) is 6.76. The third-order valence-electron chi connectivity index (χ3n) is 3.74. The molecule has 0 radical (unpaired) electrons. The van der Waals surface area contributed by atoms with Crippen LogP contribution in [0.15, 0.2) is 10.7 Å². The minimum Gasteiger partial charge on any atom is -0.361 e. The predicted molar refractivity (Wildman–Crippen MR) is 92.0 cm³/mol. The van der Waals surface area contributed by atoms with Gasteiger partial charge in [-0.1, -0.05) is 25.4 Å². The summed E-state index contributed by atoms with van der Waals surface area (Å²) in [4.78, 5) is 17.0. The zero-order chi connectivity index (χ0) is 16.7. The van der Waals surface area contributed by atoms with Crippen molar-refractivity contribution in [2.45, 2.75) is 59.3 Å². The van der Waals surface area contributed by atoms with Crippen LogP contribution in [0.25, 0.3) is 0 Å². The Balaban J connectivity index is 1.95. The summed E-state index contributed by atoms with van der Waals surface area (Å²) in [6.07, 6.45) is 7.51. The van der Waals surface area contributed by atoms with Crippen LogP contribution in [0.2, 0.25) is 0 Å². The molecule has 0 spiro atoms. The Morgan fingerprint density at radius 3 is 2.83 bits per heavy atom. The van der Waals surface area contributed by atoms with Gasteiger partial charge in [-0.2, -0.15) is 0 Å². The van der Waals surface area contributed by atoms with Crippen LogP contribution in [0.3, 0.4) is 0 Å². The minimum atomic E-state index is -0.0274. The summed E-state index contributed by atoms with van der Waals surface area (Å²) in [7, 11) is 0. The largest absolute Gasteiger partial charge is 0.361 e. The van der Waals surface area contributed by atoms with Crippen molar-refractivity contribution in [3.63, 3.8) is 0 Å². The third-order valence-corrected chi connectivity index (χ3v) is 4.79. The minimum absolute atomic E-state index is 0.0274. The van der Waals surface area contributed by atoms with Crippen LogP contribution in [0.5, 0.6) is 0 Å². The van der Waals surface area contributed by atoms with Crippen molar-refractivity contribution >= 4 is 17.2 Å². The van der Waals surface area contributed by atoms with Gasteiger partial charge in [0.15, 0.2) is 0 Å². The molecule has 0 bridgehead atoms. The van der Waals surface area contributed by atoms with Crippen molar-refractivity contribution < 1.29 is 9.32 Å². The molecule has 0 fully saturated rings. The van der Waals surface area contributed by atoms with Crippen molar-refractivity contribution in [3.8, 4) is 0 Å². The monoisotopic (exact) mass is 335 g/mol. The van der Waals surface area contributed by atoms with Crippen LogP contribution in [-0.2, 0) is 19.3 Å². The lowest BCUT2D eigenvalue weighted by Crippen LogP contribution is -2.22. The number of hydrogen-bond donors (Lipinski definition) is 1. The van der Waals surface area contributed by atoms with E-state index in [0.29, 0.717) is 11.4 Å². The zero-order valence-electron chi connectivity index (χ0n) is 14.1. The van der Waals surface area contributed by atoms with Gasteiger partial charge in [-0.05, 0) is 32.6 Å². The van der Waals surface area contributed by atoms with Crippen molar-refractivity contribution in [2.75, 3.05) is 6.54 Å². The molecule has 0 saturated heterocycles. The van der Waals surface area contributed by atoms with Crippen molar-refractivity contribution in [1.29, 1.82) is 0 Å². The molecule has 1 N–H and O–H groups in total. The van der Waals surface area contributed by atoms with Crippen molar-refractivity contribution in [2.24, 2.45) is 0 Å². The van der Waals surface area contributed by atoms with Gasteiger partial charge < -0.3 is 9.84 Å². The second kappa shape index (κ2) is 8.82. The normalized spacial score (nSPS) is 10.9. The predicted octanol–water partition coefficient (Wildman–Crippen LogP) is 3.71. The summed E-state index contributed by atoms with van der Waals surface area (Å²) in [5.41, 5.74) is 2.27. The van der Waals surface area contributed by atoms with Gasteiger partial charge in [-0.15, -0.1) is 11.3 Å². The molecule has 2 aromatic rings. The number of nitrogens with one attached hydrogen (secondary N) is 1. The summed E-state index contributed by atoms with van der Waals surface area (Å²) < 4.78 is 5.34. The first-order valence-corrected chi connectivity index (χ1v) is 9.14. The van der Waals surface area contributed by atoms with E-state index in [1.54, 1.807) is 6.20 Å². The first-order chi connectivity index (χ1) is 11.2. The first-order valence-electron chi connectivity index (χ1n) is 8.32. The summed E-state index contributed by atoms with van der Waals surface area (Å²) in [5, 5.41) is 8.04. The highest BCUT2D eigenvalue weighted by atomic mass is 32.1. The maximum atomic E-state index is 11.9. The number of hydrogen-bond acceptors (Lipinski definition) is 5. The maximum Gasteiger partial charge on any atom is 0.263 e. The smallest absolute Gasteiger partial charge is 0.263 e. The van der Waals surface area contributed by atoms with E-state index in [1.807, 2.05) is 13.8 Å². The van der Waals surface area contributed by atoms with Gasteiger partial charge in [-0.3, -0.25) is 4.79 Å². The average Bonchev–Trinajstić information content (AvgIpc) is 3.15. The maximum absolute atomic E-state index is 11.9. The average molecular weight is 335 g/mol. The number of thiazole rings is 1. The molecular formula is C17H25N3O2S. The molecule has 0 aliphatic carbocycles. The van der Waals surface area contributed by atoms with Gasteiger partial charge in [0.1, 0.15) is 10.6 Å². The number of aryl methyl sites for hydroxylation is 3. The molecule has 0 aliphatic rings. The summed E-state index contributed by atoms with van der Waals surface area (Å²) in [5.74, 6) is 0.869. The van der Waals surface area contributed by atoms with Crippen LogP contribution < -0.4 is 5.32 Å². The second-order valence-electron chi connectivity index (χ2n) is 5.64. The molecule has 2 rings (SSSR count). The topological polar surface area (TPSA) is 68.0 Å². The fraction of sp³-hybridized carbons (Fsp3) is 0.588. The highest BCUT2D eigenvalue weighted by Gasteiger charge is 2.14. The SMILES string of the molecule is CCCCc1noc(C)c1CCc1ncc(C(=O)NCCC)s1. The van der Waals surface area contributed by atoms with Crippen LogP contribution in [0, 0.1) is 6.92 Å². The molecule has 2 heterocycles. The number of amides is 1. The lowest BCUT2D eigenvalue weighted by atomic mass is 10.0. The van der Waals surface area contributed by atoms with E-state index in [0.717, 1.165) is 55.0 Å². The fourth-order valence-corrected chi connectivity index (χ4v) is 3.22. The van der Waals surface area contributed by atoms with Gasteiger partial charge in [0.2, 0.25) is 0 Å². The van der Waals surface area contributed by atoms with E-state index in [9.17, 15) is 4.79 Å². The van der Waals surface area contributed by atoms with Crippen molar-refractivity contribution in [3.05, 3.63) is 33.1 Å². The lowest BCUT2D eigenvalue weighted by molar-refractivity contribution is 0.0957. The molecule has 5 nitrogen and oxygen atoms in total. The van der Waals surface area contributed by atoms with Crippen molar-refractivity contribution in [1.82, 2.24) is 15.5 Å². The number of carbonyl (C=O) groups excluding carboxylic acids is 1. The Morgan fingerprint density at radius 2 is 2.09 bits per heavy atom. The highest BCUT2D eigenvalue weighted by Crippen LogP contribution is 2.20. The molecule has 126 valence electrons. The molecule has 2 aromatic heterocycles. The number of carbonyl (C=O) groups is 1. The van der Waals surface area contributed by atoms with Gasteiger partial charge in [0.25, 0.3) is 5.91 Å². The number of unbranched alkanes of at least 4 members (excludes halogenated alkanes) is 1. The van der Waals surface area contributed by atoms with Crippen LogP contribution in [0.1, 0.15) is 64.8 Å². The first kappa shape index (κ1) is 17.7. The Morgan fingerprint density at radius 1 is 1.26 bits per heavy atom. The number of aromatic nitrogens is 2. The summed E-state index contributed by atoms with van der Waals surface area (Å²) in [6.45, 7) is 6.87. The number of rotatable bonds is 9. The molecular weight excluding hydrogens is 310 g/mol. The quantitative estimate of drug-likeness (QED) is 0.758. The van der Waals surface area contributed by atoms with E-state index in [-0.39, 0.29) is 5.91 Å². The molecule has 0 atom stereocenters. The zero-order valence-corrected chi connectivity index (χ0v) is 15.0. The molecule has 0 aliphatic heterocycles. The standard InChI is InChI=1S/C17H25N3O2S/c1-4-6-7-14-13(12(3)22-20-14)8-9-16-19-11-15(23-16)17(21)18-10-5-2/h11H,4-10H2,1-3H3,(H,18,21). The molecule has 0 aromatic carbocycles. The van der Waals surface area contributed by atoms with Crippen LogP contribution in [0.4, 0.5) is 0 Å². The van der Waals surface area contributed by atoms with E-state index in [1.165, 1.54) is 16.9 Å². The van der Waals surface area contributed by atoms with Gasteiger partial charge in [0, 0.05) is 18.5 Å². The van der Waals surface area contributed by atoms with Crippen LogP contribution in [-0.4, -0.2) is 22.6 Å². The highest BCUT2D eigenvalue weighted by molar-refractivity contribution is 7.13. The van der Waals surface area contributed by atoms with E-state index in [2.05, 4.69) is 22.4 Å². The molecule has 1 amide bonds. The van der Waals surface area contributed by atoms with Gasteiger partial charge in [-0.25, -0.2) is 4.98 Å². The van der Waals surface area contributed by atoms with E-state index in [4.69, 9.17) is 4.52 Å². The Labute approximate surface area is 141 Å². The lowest BCUT2D eigenvalue weighted by Gasteiger charge is -2.01. The Bertz CT molecular complexity index is 634. The molecule has 23 heavy (non-hydrogen) atoms. The van der Waals surface area contributed by atoms with Gasteiger partial charge >= 0.3 is 0 Å². The van der Waals surface area contributed by atoms with E-state index < -0.39 is 0 Å². The fourth-order valence-electron chi connectivity index (χ4n) is 2.39. The summed E-state index contributed by atoms with van der Waals surface area (Å²) in [6, 6.07) is 0. The summed E-state index contributed by atoms with van der Waals surface area (Å²) >= 11 is 1.47.